The van der Waals surface area contributed by atoms with Crippen LogP contribution in [-0.2, 0) is 11.3 Å². The number of hydrogen-bond donors (Lipinski definition) is 1. The van der Waals surface area contributed by atoms with E-state index in [1.54, 1.807) is 23.5 Å². The highest BCUT2D eigenvalue weighted by atomic mass is 32.1. The summed E-state index contributed by atoms with van der Waals surface area (Å²) in [6.07, 6.45) is 0.757. The van der Waals surface area contributed by atoms with Crippen LogP contribution in [0.1, 0.15) is 29.4 Å². The quantitative estimate of drug-likeness (QED) is 0.863. The molecule has 2 atom stereocenters. The molecule has 5 nitrogen and oxygen atoms in total. The van der Waals surface area contributed by atoms with Crippen molar-refractivity contribution in [1.29, 1.82) is 0 Å². The van der Waals surface area contributed by atoms with E-state index in [2.05, 4.69) is 16.8 Å². The van der Waals surface area contributed by atoms with Gasteiger partial charge in [0, 0.05) is 24.0 Å². The van der Waals surface area contributed by atoms with Gasteiger partial charge < -0.3 is 9.84 Å². The molecular formula is C18H22N2O3S. The second-order valence-corrected chi connectivity index (χ2v) is 7.14. The summed E-state index contributed by atoms with van der Waals surface area (Å²) in [5, 5.41) is 12.9. The lowest BCUT2D eigenvalue weighted by Crippen LogP contribution is -2.42. The molecule has 6 heteroatoms. The zero-order valence-corrected chi connectivity index (χ0v) is 14.8. The number of aliphatic hydroxyl groups is 1. The summed E-state index contributed by atoms with van der Waals surface area (Å²) in [7, 11) is 1.38. The number of β-amino-alcohol motifs (C(OH)–C–C–N with tert-alkyl or cyclic N) is 1. The van der Waals surface area contributed by atoms with Gasteiger partial charge in [-0.15, -0.1) is 11.3 Å². The van der Waals surface area contributed by atoms with E-state index < -0.39 is 0 Å². The molecule has 0 amide bonds. The first-order valence-electron chi connectivity index (χ1n) is 8.10. The monoisotopic (exact) mass is 346 g/mol. The molecule has 1 aromatic carbocycles. The fourth-order valence-electron chi connectivity index (χ4n) is 2.90. The highest BCUT2D eigenvalue weighted by molar-refractivity contribution is 7.13. The van der Waals surface area contributed by atoms with Crippen LogP contribution in [0.4, 0.5) is 0 Å². The van der Waals surface area contributed by atoms with Crippen molar-refractivity contribution in [1.82, 2.24) is 9.88 Å². The normalized spacial score (nSPS) is 21.6. The van der Waals surface area contributed by atoms with Gasteiger partial charge in [0.15, 0.2) is 0 Å². The van der Waals surface area contributed by atoms with Crippen LogP contribution < -0.4 is 0 Å². The second-order valence-electron chi connectivity index (χ2n) is 6.28. The summed E-state index contributed by atoms with van der Waals surface area (Å²) in [4.78, 5) is 18.6. The van der Waals surface area contributed by atoms with Crippen molar-refractivity contribution in [2.45, 2.75) is 26.0 Å². The molecule has 2 aromatic rings. The van der Waals surface area contributed by atoms with Gasteiger partial charge in [-0.3, -0.25) is 4.90 Å². The molecule has 2 unspecified atom stereocenters. The van der Waals surface area contributed by atoms with Crippen LogP contribution in [0.25, 0.3) is 10.6 Å². The molecule has 2 heterocycles. The van der Waals surface area contributed by atoms with E-state index in [1.807, 2.05) is 17.5 Å². The first-order chi connectivity index (χ1) is 11.6. The standard InChI is InChI=1S/C18H22N2O3S/c1-12-6-7-20(10-16(12)21)9-15-11-24-17(19-15)13-4-3-5-14(8-13)18(22)23-2/h3-5,8,11-12,16,21H,6-7,9-10H2,1-2H3. The van der Waals surface area contributed by atoms with Crippen LogP contribution in [0.2, 0.25) is 0 Å². The number of likely N-dealkylation sites (tertiary alicyclic amines) is 1. The lowest BCUT2D eigenvalue weighted by atomic mass is 9.96. The van der Waals surface area contributed by atoms with Crippen LogP contribution in [0.3, 0.4) is 0 Å². The van der Waals surface area contributed by atoms with Crippen LogP contribution in [-0.4, -0.2) is 47.3 Å². The third kappa shape index (κ3) is 3.83. The van der Waals surface area contributed by atoms with Crippen molar-refractivity contribution >= 4 is 17.3 Å². The molecule has 0 radical (unpaired) electrons. The number of ether oxygens (including phenoxy) is 1. The van der Waals surface area contributed by atoms with E-state index >= 15 is 0 Å². The van der Waals surface area contributed by atoms with Crippen molar-refractivity contribution in [3.05, 3.63) is 40.9 Å². The minimum atomic E-state index is -0.343. The maximum atomic E-state index is 11.7. The second kappa shape index (κ2) is 7.42. The van der Waals surface area contributed by atoms with E-state index in [4.69, 9.17) is 4.74 Å². The van der Waals surface area contributed by atoms with E-state index in [9.17, 15) is 9.90 Å². The fraction of sp³-hybridized carbons (Fsp3) is 0.444. The SMILES string of the molecule is COC(=O)c1cccc(-c2nc(CN3CCC(C)C(O)C3)cs2)c1. The van der Waals surface area contributed by atoms with Gasteiger partial charge >= 0.3 is 5.97 Å². The molecule has 128 valence electrons. The van der Waals surface area contributed by atoms with Gasteiger partial charge in [-0.1, -0.05) is 19.1 Å². The Morgan fingerprint density at radius 2 is 2.33 bits per heavy atom. The largest absolute Gasteiger partial charge is 0.465 e. The number of thiazole rings is 1. The Morgan fingerprint density at radius 1 is 1.50 bits per heavy atom. The minimum absolute atomic E-state index is 0.256. The number of methoxy groups -OCH3 is 1. The minimum Gasteiger partial charge on any atom is -0.465 e. The van der Waals surface area contributed by atoms with Crippen LogP contribution in [0, 0.1) is 5.92 Å². The molecular weight excluding hydrogens is 324 g/mol. The summed E-state index contributed by atoms with van der Waals surface area (Å²) in [5.74, 6) is 0.0263. The number of aromatic nitrogens is 1. The number of piperidine rings is 1. The maximum absolute atomic E-state index is 11.7. The molecule has 0 aliphatic carbocycles. The predicted molar refractivity (Wildman–Crippen MR) is 94.0 cm³/mol. The van der Waals surface area contributed by atoms with E-state index in [-0.39, 0.29) is 12.1 Å². The zero-order valence-electron chi connectivity index (χ0n) is 13.9. The number of esters is 1. The lowest BCUT2D eigenvalue weighted by molar-refractivity contribution is 0.0255. The summed E-state index contributed by atoms with van der Waals surface area (Å²) < 4.78 is 4.77. The molecule has 1 N–H and O–H groups in total. The zero-order chi connectivity index (χ0) is 17.1. The topological polar surface area (TPSA) is 62.7 Å². The Balaban J connectivity index is 1.71. The Kier molecular flexibility index (Phi) is 5.28. The Labute approximate surface area is 145 Å². The van der Waals surface area contributed by atoms with Crippen LogP contribution in [0.15, 0.2) is 29.6 Å². The van der Waals surface area contributed by atoms with Gasteiger partial charge in [0.05, 0.1) is 24.5 Å². The molecule has 0 bridgehead atoms. The van der Waals surface area contributed by atoms with Gasteiger partial charge in [0.1, 0.15) is 5.01 Å². The molecule has 1 aromatic heterocycles. The predicted octanol–water partition coefficient (Wildman–Crippen LogP) is 2.80. The van der Waals surface area contributed by atoms with Gasteiger partial charge in [-0.25, -0.2) is 9.78 Å². The molecule has 1 aliphatic rings. The van der Waals surface area contributed by atoms with Crippen molar-refractivity contribution in [2.24, 2.45) is 5.92 Å². The fourth-order valence-corrected chi connectivity index (χ4v) is 3.70. The van der Waals surface area contributed by atoms with Crippen molar-refractivity contribution in [2.75, 3.05) is 20.2 Å². The molecule has 0 saturated carbocycles. The van der Waals surface area contributed by atoms with Crippen LogP contribution >= 0.6 is 11.3 Å². The Hall–Kier alpha value is -1.76. The third-order valence-corrected chi connectivity index (χ3v) is 5.41. The first kappa shape index (κ1) is 17.1. The maximum Gasteiger partial charge on any atom is 0.337 e. The number of hydrogen-bond acceptors (Lipinski definition) is 6. The van der Waals surface area contributed by atoms with Gasteiger partial charge in [0.2, 0.25) is 0 Å². The molecule has 1 saturated heterocycles. The number of carbonyl (C=O) groups is 1. The molecule has 0 spiro atoms. The van der Waals surface area contributed by atoms with Gasteiger partial charge in [-0.05, 0) is 31.0 Å². The Bertz CT molecular complexity index is 716. The number of carbonyl (C=O) groups excluding carboxylic acids is 1. The summed E-state index contributed by atoms with van der Waals surface area (Å²) in [6.45, 7) is 4.53. The van der Waals surface area contributed by atoms with Crippen molar-refractivity contribution in [3.63, 3.8) is 0 Å². The van der Waals surface area contributed by atoms with Crippen molar-refractivity contribution < 1.29 is 14.6 Å². The molecule has 1 aliphatic heterocycles. The van der Waals surface area contributed by atoms with E-state index in [0.717, 1.165) is 35.8 Å². The molecule has 24 heavy (non-hydrogen) atoms. The lowest BCUT2D eigenvalue weighted by Gasteiger charge is -2.33. The number of benzene rings is 1. The van der Waals surface area contributed by atoms with Gasteiger partial charge in [-0.2, -0.15) is 0 Å². The summed E-state index contributed by atoms with van der Waals surface area (Å²) in [6, 6.07) is 7.33. The average Bonchev–Trinajstić information content (AvgIpc) is 3.06. The molecule has 1 fully saturated rings. The smallest absolute Gasteiger partial charge is 0.337 e. The highest BCUT2D eigenvalue weighted by Crippen LogP contribution is 2.26. The third-order valence-electron chi connectivity index (χ3n) is 4.47. The molecule has 3 rings (SSSR count). The highest BCUT2D eigenvalue weighted by Gasteiger charge is 2.24. The van der Waals surface area contributed by atoms with Crippen LogP contribution in [0.5, 0.6) is 0 Å². The number of nitrogens with zero attached hydrogens (tertiary/aromatic N) is 2. The van der Waals surface area contributed by atoms with E-state index in [0.29, 0.717) is 18.0 Å². The Morgan fingerprint density at radius 3 is 3.08 bits per heavy atom. The van der Waals surface area contributed by atoms with Gasteiger partial charge in [0.25, 0.3) is 0 Å². The number of aliphatic hydroxyl groups excluding tert-OH is 1. The van der Waals surface area contributed by atoms with E-state index in [1.165, 1.54) is 7.11 Å². The summed E-state index contributed by atoms with van der Waals surface area (Å²) in [5.41, 5.74) is 2.45. The average molecular weight is 346 g/mol. The summed E-state index contributed by atoms with van der Waals surface area (Å²) >= 11 is 1.57. The first-order valence-corrected chi connectivity index (χ1v) is 8.98. The number of rotatable bonds is 4. The van der Waals surface area contributed by atoms with Crippen molar-refractivity contribution in [3.8, 4) is 10.6 Å².